The highest BCUT2D eigenvalue weighted by atomic mass is 35.5. The van der Waals surface area contributed by atoms with Gasteiger partial charge in [0.2, 0.25) is 5.91 Å². The molecule has 0 aromatic heterocycles. The second-order valence-electron chi connectivity index (χ2n) is 7.90. The number of likely N-dealkylation sites (tertiary alicyclic amines) is 1. The summed E-state index contributed by atoms with van der Waals surface area (Å²) < 4.78 is 17.7. The maximum Gasteiger partial charge on any atom is 0.223 e. The van der Waals surface area contributed by atoms with Crippen molar-refractivity contribution >= 4 is 17.5 Å². The van der Waals surface area contributed by atoms with Gasteiger partial charge in [0, 0.05) is 17.0 Å². The summed E-state index contributed by atoms with van der Waals surface area (Å²) in [7, 11) is 2.09. The number of amides is 1. The van der Waals surface area contributed by atoms with E-state index < -0.39 is 0 Å². The molecule has 2 aliphatic heterocycles. The molecule has 1 fully saturated rings. The molecule has 160 valence electrons. The molecule has 0 radical (unpaired) electrons. The number of hydrogen-bond donors (Lipinski definition) is 1. The van der Waals surface area contributed by atoms with Crippen LogP contribution in [0.3, 0.4) is 0 Å². The van der Waals surface area contributed by atoms with Crippen molar-refractivity contribution < 1.29 is 19.0 Å². The van der Waals surface area contributed by atoms with Gasteiger partial charge in [-0.15, -0.1) is 0 Å². The van der Waals surface area contributed by atoms with Gasteiger partial charge in [-0.25, -0.2) is 0 Å². The van der Waals surface area contributed by atoms with Crippen molar-refractivity contribution in [3.8, 4) is 17.2 Å². The van der Waals surface area contributed by atoms with E-state index in [4.69, 9.17) is 25.8 Å². The zero-order valence-electron chi connectivity index (χ0n) is 17.1. The van der Waals surface area contributed by atoms with Gasteiger partial charge in [0.15, 0.2) is 11.5 Å². The molecule has 1 atom stereocenters. The molecule has 2 heterocycles. The Balaban J connectivity index is 1.29. The van der Waals surface area contributed by atoms with Crippen LogP contribution in [0.25, 0.3) is 0 Å². The number of piperidine rings is 1. The SMILES string of the molecule is CN1CCC(C(=O)NCC2COc3ccc(OCc4cccc(Cl)c4)cc3O2)CC1. The van der Waals surface area contributed by atoms with Crippen molar-refractivity contribution in [1.82, 2.24) is 10.2 Å². The Morgan fingerprint density at radius 3 is 2.83 bits per heavy atom. The van der Waals surface area contributed by atoms with E-state index in [9.17, 15) is 4.79 Å². The third kappa shape index (κ3) is 5.37. The zero-order chi connectivity index (χ0) is 20.9. The molecule has 0 spiro atoms. The Bertz CT molecular complexity index is 883. The van der Waals surface area contributed by atoms with Gasteiger partial charge in [-0.05, 0) is 62.8 Å². The maximum absolute atomic E-state index is 12.4. The summed E-state index contributed by atoms with van der Waals surface area (Å²) in [5.41, 5.74) is 0.992. The topological polar surface area (TPSA) is 60.0 Å². The third-order valence-corrected chi connectivity index (χ3v) is 5.76. The molecule has 6 nitrogen and oxygen atoms in total. The van der Waals surface area contributed by atoms with E-state index in [1.54, 1.807) is 0 Å². The molecule has 1 amide bonds. The van der Waals surface area contributed by atoms with Crippen LogP contribution >= 0.6 is 11.6 Å². The number of ether oxygens (including phenoxy) is 3. The first-order valence-corrected chi connectivity index (χ1v) is 10.7. The highest BCUT2D eigenvalue weighted by Crippen LogP contribution is 2.35. The zero-order valence-corrected chi connectivity index (χ0v) is 17.9. The van der Waals surface area contributed by atoms with E-state index >= 15 is 0 Å². The average Bonchev–Trinajstić information content (AvgIpc) is 2.76. The molecule has 2 aromatic carbocycles. The van der Waals surface area contributed by atoms with E-state index in [1.165, 1.54) is 0 Å². The molecule has 0 saturated carbocycles. The number of nitrogens with zero attached hydrogens (tertiary/aromatic N) is 1. The van der Waals surface area contributed by atoms with Crippen LogP contribution in [-0.4, -0.2) is 50.2 Å². The summed E-state index contributed by atoms with van der Waals surface area (Å²) in [6.45, 7) is 3.18. The van der Waals surface area contributed by atoms with E-state index in [0.717, 1.165) is 31.5 Å². The van der Waals surface area contributed by atoms with Gasteiger partial charge in [0.1, 0.15) is 25.1 Å². The minimum Gasteiger partial charge on any atom is -0.489 e. The lowest BCUT2D eigenvalue weighted by atomic mass is 9.96. The molecule has 2 aromatic rings. The largest absolute Gasteiger partial charge is 0.489 e. The Morgan fingerprint density at radius 1 is 1.20 bits per heavy atom. The fourth-order valence-electron chi connectivity index (χ4n) is 3.71. The lowest BCUT2D eigenvalue weighted by Gasteiger charge is -2.30. The summed E-state index contributed by atoms with van der Waals surface area (Å²) in [6, 6.07) is 13.1. The molecule has 30 heavy (non-hydrogen) atoms. The Labute approximate surface area is 182 Å². The number of carbonyl (C=O) groups is 1. The van der Waals surface area contributed by atoms with Gasteiger partial charge in [-0.1, -0.05) is 23.7 Å². The molecular formula is C23H27ClN2O4. The molecule has 1 unspecified atom stereocenters. The fourth-order valence-corrected chi connectivity index (χ4v) is 3.92. The molecule has 4 rings (SSSR count). The number of fused-ring (bicyclic) bond motifs is 1. The monoisotopic (exact) mass is 430 g/mol. The van der Waals surface area contributed by atoms with E-state index in [-0.39, 0.29) is 17.9 Å². The minimum absolute atomic E-state index is 0.0875. The lowest BCUT2D eigenvalue weighted by Crippen LogP contribution is -2.44. The summed E-state index contributed by atoms with van der Waals surface area (Å²) >= 11 is 6.02. The predicted molar refractivity (Wildman–Crippen MR) is 115 cm³/mol. The molecule has 0 aliphatic carbocycles. The second kappa shape index (κ2) is 9.58. The van der Waals surface area contributed by atoms with Crippen molar-refractivity contribution in [2.45, 2.75) is 25.6 Å². The molecule has 7 heteroatoms. The van der Waals surface area contributed by atoms with E-state index in [0.29, 0.717) is 42.0 Å². The Hall–Kier alpha value is -2.44. The van der Waals surface area contributed by atoms with Gasteiger partial charge in [0.05, 0.1) is 6.54 Å². The summed E-state index contributed by atoms with van der Waals surface area (Å²) in [5.74, 6) is 2.19. The van der Waals surface area contributed by atoms with Crippen LogP contribution < -0.4 is 19.5 Å². The highest BCUT2D eigenvalue weighted by molar-refractivity contribution is 6.30. The van der Waals surface area contributed by atoms with Crippen LogP contribution in [0.4, 0.5) is 0 Å². The van der Waals surface area contributed by atoms with Crippen molar-refractivity contribution in [2.75, 3.05) is 33.3 Å². The fraction of sp³-hybridized carbons (Fsp3) is 0.435. The third-order valence-electron chi connectivity index (χ3n) is 5.52. The Morgan fingerprint density at radius 2 is 2.03 bits per heavy atom. The van der Waals surface area contributed by atoms with Crippen LogP contribution in [-0.2, 0) is 11.4 Å². The summed E-state index contributed by atoms with van der Waals surface area (Å²) in [6.07, 6.45) is 1.58. The van der Waals surface area contributed by atoms with Crippen LogP contribution in [0.2, 0.25) is 5.02 Å². The predicted octanol–water partition coefficient (Wildman–Crippen LogP) is 3.52. The van der Waals surface area contributed by atoms with Gasteiger partial charge < -0.3 is 24.4 Å². The number of halogens is 1. The lowest BCUT2D eigenvalue weighted by molar-refractivity contribution is -0.126. The van der Waals surface area contributed by atoms with Gasteiger partial charge in [-0.3, -0.25) is 4.79 Å². The van der Waals surface area contributed by atoms with Crippen LogP contribution in [0, 0.1) is 5.92 Å². The van der Waals surface area contributed by atoms with Crippen LogP contribution in [0.1, 0.15) is 18.4 Å². The second-order valence-corrected chi connectivity index (χ2v) is 8.34. The van der Waals surface area contributed by atoms with Gasteiger partial charge in [0.25, 0.3) is 0 Å². The van der Waals surface area contributed by atoms with Crippen molar-refractivity contribution in [2.24, 2.45) is 5.92 Å². The van der Waals surface area contributed by atoms with Crippen molar-refractivity contribution in [3.05, 3.63) is 53.1 Å². The van der Waals surface area contributed by atoms with Crippen LogP contribution in [0.5, 0.6) is 17.2 Å². The van der Waals surface area contributed by atoms with Crippen molar-refractivity contribution in [3.63, 3.8) is 0 Å². The molecule has 1 N–H and O–H groups in total. The van der Waals surface area contributed by atoms with E-state index in [1.807, 2.05) is 42.5 Å². The highest BCUT2D eigenvalue weighted by Gasteiger charge is 2.26. The molecule has 1 saturated heterocycles. The summed E-state index contributed by atoms with van der Waals surface area (Å²) in [5, 5.41) is 3.71. The van der Waals surface area contributed by atoms with Gasteiger partial charge in [-0.2, -0.15) is 0 Å². The van der Waals surface area contributed by atoms with Crippen LogP contribution in [0.15, 0.2) is 42.5 Å². The number of nitrogens with one attached hydrogen (secondary N) is 1. The smallest absolute Gasteiger partial charge is 0.223 e. The molecule has 0 bridgehead atoms. The number of hydrogen-bond acceptors (Lipinski definition) is 5. The first-order chi connectivity index (χ1) is 14.6. The maximum atomic E-state index is 12.4. The number of benzene rings is 2. The average molecular weight is 431 g/mol. The van der Waals surface area contributed by atoms with Gasteiger partial charge >= 0.3 is 0 Å². The quantitative estimate of drug-likeness (QED) is 0.759. The normalized spacial score (nSPS) is 19.3. The standard InChI is InChI=1S/C23H27ClN2O4/c1-26-9-7-17(8-10-26)23(27)25-13-20-15-29-21-6-5-19(12-22(21)30-20)28-14-16-3-2-4-18(24)11-16/h2-6,11-12,17,20H,7-10,13-15H2,1H3,(H,25,27). The summed E-state index contributed by atoms with van der Waals surface area (Å²) in [4.78, 5) is 14.7. The van der Waals surface area contributed by atoms with E-state index in [2.05, 4.69) is 17.3 Å². The molecular weight excluding hydrogens is 404 g/mol. The minimum atomic E-state index is -0.226. The first-order valence-electron chi connectivity index (χ1n) is 10.3. The molecule has 2 aliphatic rings. The number of rotatable bonds is 6. The Kier molecular flexibility index (Phi) is 6.65. The van der Waals surface area contributed by atoms with Crippen molar-refractivity contribution in [1.29, 1.82) is 0 Å². The first kappa shape index (κ1) is 20.8. The number of carbonyl (C=O) groups excluding carboxylic acids is 1.